The lowest BCUT2D eigenvalue weighted by Gasteiger charge is -2.13. The summed E-state index contributed by atoms with van der Waals surface area (Å²) >= 11 is 0. The van der Waals surface area contributed by atoms with Crippen LogP contribution in [0.3, 0.4) is 0 Å². The van der Waals surface area contributed by atoms with Crippen molar-refractivity contribution in [2.75, 3.05) is 0 Å². The van der Waals surface area contributed by atoms with Gasteiger partial charge in [-0.15, -0.1) is 0 Å². The predicted octanol–water partition coefficient (Wildman–Crippen LogP) is 0.678. The van der Waals surface area contributed by atoms with E-state index in [0.717, 1.165) is 23.3 Å². The molecule has 37 heavy (non-hydrogen) atoms. The van der Waals surface area contributed by atoms with Crippen molar-refractivity contribution >= 4 is 28.3 Å². The Bertz CT molecular complexity index is 1330. The van der Waals surface area contributed by atoms with E-state index in [1.807, 2.05) is 60.7 Å². The van der Waals surface area contributed by atoms with E-state index >= 15 is 0 Å². The Labute approximate surface area is 218 Å². The number of nitrogens with one attached hydrogen (secondary N) is 2. The van der Waals surface area contributed by atoms with Crippen molar-refractivity contribution < 1.29 is 32.2 Å². The Morgan fingerprint density at radius 1 is 0.784 bits per heavy atom. The fourth-order valence-electron chi connectivity index (χ4n) is 3.74. The molecule has 0 aliphatic carbocycles. The number of benzene rings is 3. The molecular formula is C25H24ClN5O6. The molecule has 0 amide bonds. The van der Waals surface area contributed by atoms with Crippen molar-refractivity contribution in [2.24, 2.45) is 0 Å². The number of nitro benzene ring substituents is 3. The largest absolute Gasteiger partial charge is 1.00 e. The average molecular weight is 526 g/mol. The molecule has 0 fully saturated rings. The number of non-ortho nitro benzene ring substituents is 1. The fraction of sp³-hybridized carbons (Fsp3) is 0.160. The van der Waals surface area contributed by atoms with E-state index in [1.165, 1.54) is 0 Å². The summed E-state index contributed by atoms with van der Waals surface area (Å²) in [4.78, 5) is 35.9. The summed E-state index contributed by atoms with van der Waals surface area (Å²) in [6.07, 6.45) is 0. The monoisotopic (exact) mass is 525 g/mol. The third kappa shape index (κ3) is 7.18. The highest BCUT2D eigenvalue weighted by Gasteiger charge is 2.36. The van der Waals surface area contributed by atoms with Crippen LogP contribution in [0.2, 0.25) is 0 Å². The molecule has 12 heteroatoms. The Hall–Kier alpha value is -4.64. The molecular weight excluding hydrogens is 502 g/mol. The van der Waals surface area contributed by atoms with Crippen LogP contribution < -0.4 is 22.7 Å². The van der Waals surface area contributed by atoms with Gasteiger partial charge in [-0.25, -0.2) is 4.99 Å². The number of nitro groups is 3. The molecule has 0 saturated heterocycles. The molecule has 0 spiro atoms. The zero-order valence-electron chi connectivity index (χ0n) is 20.0. The van der Waals surface area contributed by atoms with E-state index in [2.05, 4.69) is 10.3 Å². The molecule has 2 N–H and O–H groups in total. The van der Waals surface area contributed by atoms with Gasteiger partial charge in [-0.05, 0) is 12.5 Å². The third-order valence-electron chi connectivity index (χ3n) is 5.49. The quantitative estimate of drug-likeness (QED) is 0.224. The van der Waals surface area contributed by atoms with Crippen molar-refractivity contribution in [1.29, 1.82) is 0 Å². The molecule has 0 aliphatic rings. The van der Waals surface area contributed by atoms with Crippen LogP contribution in [0, 0.1) is 30.3 Å². The van der Waals surface area contributed by atoms with Gasteiger partial charge in [0.2, 0.25) is 0 Å². The summed E-state index contributed by atoms with van der Waals surface area (Å²) in [6.45, 7) is 4.02. The Balaban J connectivity index is 0.00000481. The summed E-state index contributed by atoms with van der Waals surface area (Å²) < 4.78 is 0. The standard InChI is InChI=1S/C25H23N5O6.ClH/c1-17(26-15-19-9-5-3-6-10-19)24(18(2)27-16-20-11-7-4-8-12-20)25-22(29(33)34)13-21(28(31)32)14-23(25)30(35)36;/h3-14,26H,15-16H2,1-2H3;1H. The molecule has 0 atom stereocenters. The highest BCUT2D eigenvalue weighted by atomic mass is 35.5. The first kappa shape index (κ1) is 28.6. The SMILES string of the molecule is CC(=[NH+]Cc1ccccc1)C(=C(C)NCc1ccccc1)c1c([N+](=O)[O-])cc([N+](=O)[O-])cc1[N+](=O)[O-].[Cl-]. The van der Waals surface area contributed by atoms with Gasteiger partial charge in [0, 0.05) is 24.7 Å². The molecule has 0 saturated carbocycles. The number of allylic oxidation sites excluding steroid dienone is 2. The van der Waals surface area contributed by atoms with Gasteiger partial charge in [-0.3, -0.25) is 30.3 Å². The van der Waals surface area contributed by atoms with Crippen LogP contribution in [0.1, 0.15) is 30.5 Å². The first-order valence-corrected chi connectivity index (χ1v) is 10.9. The van der Waals surface area contributed by atoms with Gasteiger partial charge in [0.05, 0.1) is 32.5 Å². The molecule has 0 heterocycles. The average Bonchev–Trinajstić information content (AvgIpc) is 2.87. The maximum atomic E-state index is 12.0. The second-order valence-electron chi connectivity index (χ2n) is 7.93. The topological polar surface area (TPSA) is 155 Å². The molecule has 11 nitrogen and oxygen atoms in total. The van der Waals surface area contributed by atoms with Crippen LogP contribution in [-0.4, -0.2) is 20.5 Å². The zero-order valence-corrected chi connectivity index (χ0v) is 20.8. The molecule has 0 aliphatic heterocycles. The lowest BCUT2D eigenvalue weighted by Crippen LogP contribution is -3.00. The first-order valence-electron chi connectivity index (χ1n) is 10.9. The normalized spacial score (nSPS) is 11.7. The van der Waals surface area contributed by atoms with Crippen LogP contribution in [0.4, 0.5) is 17.1 Å². The number of halogens is 1. The molecule has 0 unspecified atom stereocenters. The summed E-state index contributed by atoms with van der Waals surface area (Å²) in [5.74, 6) is 0. The number of hydrogen-bond donors (Lipinski definition) is 2. The Kier molecular flexibility index (Phi) is 9.96. The second-order valence-corrected chi connectivity index (χ2v) is 7.93. The molecule has 3 aromatic carbocycles. The van der Waals surface area contributed by atoms with E-state index < -0.39 is 31.8 Å². The van der Waals surface area contributed by atoms with Crippen LogP contribution in [0.15, 0.2) is 78.5 Å². The van der Waals surface area contributed by atoms with Crippen molar-refractivity contribution in [3.63, 3.8) is 0 Å². The van der Waals surface area contributed by atoms with Crippen LogP contribution >= 0.6 is 0 Å². The minimum atomic E-state index is -0.891. The number of nitrogens with zero attached hydrogens (tertiary/aromatic N) is 3. The Morgan fingerprint density at radius 2 is 1.27 bits per heavy atom. The van der Waals surface area contributed by atoms with E-state index in [9.17, 15) is 30.3 Å². The lowest BCUT2D eigenvalue weighted by molar-refractivity contribution is -0.474. The molecule has 0 aromatic heterocycles. The third-order valence-corrected chi connectivity index (χ3v) is 5.49. The predicted molar refractivity (Wildman–Crippen MR) is 134 cm³/mol. The maximum absolute atomic E-state index is 12.0. The van der Waals surface area contributed by atoms with Gasteiger partial charge in [-0.1, -0.05) is 60.7 Å². The van der Waals surface area contributed by atoms with Crippen molar-refractivity contribution in [3.05, 3.63) is 126 Å². The van der Waals surface area contributed by atoms with Gasteiger partial charge in [0.25, 0.3) is 17.1 Å². The van der Waals surface area contributed by atoms with E-state index in [0.29, 0.717) is 24.5 Å². The van der Waals surface area contributed by atoms with Gasteiger partial charge < -0.3 is 17.7 Å². The van der Waals surface area contributed by atoms with Crippen molar-refractivity contribution in [1.82, 2.24) is 5.32 Å². The second kappa shape index (κ2) is 12.9. The molecule has 3 rings (SSSR count). The molecule has 3 aromatic rings. The van der Waals surface area contributed by atoms with Gasteiger partial charge >= 0.3 is 0 Å². The highest BCUT2D eigenvalue weighted by Crippen LogP contribution is 2.39. The molecule has 0 bridgehead atoms. The molecule has 0 radical (unpaired) electrons. The summed E-state index contributed by atoms with van der Waals surface area (Å²) in [6, 6.07) is 20.2. The minimum Gasteiger partial charge on any atom is -1.00 e. The number of hydrogen-bond acceptors (Lipinski definition) is 7. The van der Waals surface area contributed by atoms with E-state index in [4.69, 9.17) is 0 Å². The number of rotatable bonds is 10. The molecule has 192 valence electrons. The van der Waals surface area contributed by atoms with Gasteiger partial charge in [0.15, 0.2) is 12.3 Å². The minimum absolute atomic E-state index is 0. The zero-order chi connectivity index (χ0) is 26.2. The van der Waals surface area contributed by atoms with Crippen LogP contribution in [-0.2, 0) is 13.1 Å². The van der Waals surface area contributed by atoms with E-state index in [-0.39, 0.29) is 23.5 Å². The summed E-state index contributed by atoms with van der Waals surface area (Å²) in [5.41, 5.74) is 0.398. The maximum Gasteiger partial charge on any atom is 0.291 e. The summed E-state index contributed by atoms with van der Waals surface area (Å²) in [7, 11) is 0. The van der Waals surface area contributed by atoms with Crippen LogP contribution in [0.25, 0.3) is 5.57 Å². The van der Waals surface area contributed by atoms with Gasteiger partial charge in [0.1, 0.15) is 5.56 Å². The highest BCUT2D eigenvalue weighted by molar-refractivity contribution is 6.23. The summed E-state index contributed by atoms with van der Waals surface area (Å²) in [5, 5.41) is 38.5. The lowest BCUT2D eigenvalue weighted by atomic mass is 9.95. The van der Waals surface area contributed by atoms with Crippen molar-refractivity contribution in [3.8, 4) is 0 Å². The first-order chi connectivity index (χ1) is 17.2. The van der Waals surface area contributed by atoms with Crippen LogP contribution in [0.5, 0.6) is 0 Å². The van der Waals surface area contributed by atoms with E-state index in [1.54, 1.807) is 13.8 Å². The smallest absolute Gasteiger partial charge is 0.291 e. The van der Waals surface area contributed by atoms with Gasteiger partial charge in [-0.2, -0.15) is 0 Å². The fourth-order valence-corrected chi connectivity index (χ4v) is 3.74. The van der Waals surface area contributed by atoms with Crippen molar-refractivity contribution in [2.45, 2.75) is 26.9 Å². The Morgan fingerprint density at radius 3 is 1.73 bits per heavy atom.